The highest BCUT2D eigenvalue weighted by molar-refractivity contribution is 6.30. The molecular weight excluding hydrogens is 356 g/mol. The summed E-state index contributed by atoms with van der Waals surface area (Å²) in [4.78, 5) is 12.0. The number of phenolic OH excluding ortho intramolecular Hbond substituents is 1. The first-order chi connectivity index (χ1) is 12.6. The molecule has 0 spiro atoms. The maximum Gasteiger partial charge on any atom is 0.275 e. The second kappa shape index (κ2) is 7.76. The van der Waals surface area contributed by atoms with Gasteiger partial charge in [-0.1, -0.05) is 23.7 Å². The normalized spacial score (nSPS) is 10.8. The van der Waals surface area contributed by atoms with Crippen LogP contribution in [0.2, 0.25) is 5.02 Å². The van der Waals surface area contributed by atoms with Gasteiger partial charge in [-0.2, -0.15) is 5.10 Å². The van der Waals surface area contributed by atoms with Crippen molar-refractivity contribution in [1.29, 1.82) is 0 Å². The number of carbonyl (C=O) groups is 1. The molecule has 0 atom stereocenters. The van der Waals surface area contributed by atoms with E-state index in [9.17, 15) is 9.90 Å². The van der Waals surface area contributed by atoms with Crippen LogP contribution in [0.15, 0.2) is 64.1 Å². The molecule has 1 heterocycles. The number of methoxy groups -OCH3 is 1. The van der Waals surface area contributed by atoms with Gasteiger partial charge < -0.3 is 14.3 Å². The molecule has 0 aliphatic carbocycles. The van der Waals surface area contributed by atoms with Crippen LogP contribution >= 0.6 is 11.6 Å². The molecule has 0 saturated carbocycles. The van der Waals surface area contributed by atoms with Gasteiger partial charge in [-0.3, -0.25) is 4.79 Å². The van der Waals surface area contributed by atoms with Crippen molar-refractivity contribution in [2.24, 2.45) is 5.10 Å². The third-order valence-corrected chi connectivity index (χ3v) is 3.78. The molecule has 26 heavy (non-hydrogen) atoms. The summed E-state index contributed by atoms with van der Waals surface area (Å²) in [6, 6.07) is 15.1. The molecule has 0 radical (unpaired) electrons. The molecule has 7 heteroatoms. The van der Waals surface area contributed by atoms with Gasteiger partial charge in [0.15, 0.2) is 0 Å². The Morgan fingerprint density at radius 2 is 2.08 bits per heavy atom. The van der Waals surface area contributed by atoms with Crippen molar-refractivity contribution < 1.29 is 19.1 Å². The van der Waals surface area contributed by atoms with E-state index in [-0.39, 0.29) is 11.3 Å². The van der Waals surface area contributed by atoms with Crippen LogP contribution in [0.5, 0.6) is 11.5 Å². The highest BCUT2D eigenvalue weighted by Crippen LogP contribution is 2.25. The number of furan rings is 1. The average molecular weight is 371 g/mol. The van der Waals surface area contributed by atoms with Crippen LogP contribution in [-0.2, 0) is 0 Å². The topological polar surface area (TPSA) is 84.1 Å². The number of benzene rings is 2. The summed E-state index contributed by atoms with van der Waals surface area (Å²) in [5.74, 6) is 0.792. The summed E-state index contributed by atoms with van der Waals surface area (Å²) in [5.41, 5.74) is 3.26. The predicted molar refractivity (Wildman–Crippen MR) is 98.9 cm³/mol. The van der Waals surface area contributed by atoms with Gasteiger partial charge in [-0.15, -0.1) is 0 Å². The van der Waals surface area contributed by atoms with Gasteiger partial charge in [0.1, 0.15) is 23.0 Å². The number of hydrazone groups is 1. The molecule has 2 N–H and O–H groups in total. The number of phenols is 1. The third-order valence-electron chi connectivity index (χ3n) is 3.54. The van der Waals surface area contributed by atoms with Gasteiger partial charge in [0, 0.05) is 16.7 Å². The lowest BCUT2D eigenvalue weighted by Gasteiger charge is -2.05. The molecule has 3 aromatic rings. The van der Waals surface area contributed by atoms with Gasteiger partial charge in [-0.25, -0.2) is 5.43 Å². The monoisotopic (exact) mass is 370 g/mol. The third kappa shape index (κ3) is 4.04. The van der Waals surface area contributed by atoms with Crippen molar-refractivity contribution in [3.63, 3.8) is 0 Å². The SMILES string of the molecule is COc1ccc(C(=O)N/N=C\c2ccc(-c3cccc(Cl)c3)o2)c(O)c1. The van der Waals surface area contributed by atoms with E-state index in [1.165, 1.54) is 25.5 Å². The number of hydrogen-bond donors (Lipinski definition) is 2. The second-order valence-corrected chi connectivity index (χ2v) is 5.73. The molecular formula is C19H15ClN2O4. The van der Waals surface area contributed by atoms with Crippen molar-refractivity contribution >= 4 is 23.7 Å². The number of nitrogens with one attached hydrogen (secondary N) is 1. The highest BCUT2D eigenvalue weighted by Gasteiger charge is 2.11. The largest absolute Gasteiger partial charge is 0.507 e. The van der Waals surface area contributed by atoms with Crippen LogP contribution in [0.3, 0.4) is 0 Å². The molecule has 132 valence electrons. The minimum absolute atomic E-state index is 0.0852. The number of rotatable bonds is 5. The standard InChI is InChI=1S/C19H15ClN2O4/c1-25-14-5-7-16(17(23)10-14)19(24)22-21-11-15-6-8-18(26-15)12-3-2-4-13(20)9-12/h2-11,23H,1H3,(H,22,24)/b21-11-. The van der Waals surface area contributed by atoms with Crippen LogP contribution in [0.25, 0.3) is 11.3 Å². The van der Waals surface area contributed by atoms with E-state index >= 15 is 0 Å². The van der Waals surface area contributed by atoms with E-state index in [0.717, 1.165) is 5.56 Å². The summed E-state index contributed by atoms with van der Waals surface area (Å²) in [5, 5.41) is 14.3. The fourth-order valence-electron chi connectivity index (χ4n) is 2.26. The number of carbonyl (C=O) groups excluding carboxylic acids is 1. The van der Waals surface area contributed by atoms with E-state index < -0.39 is 5.91 Å². The zero-order chi connectivity index (χ0) is 18.5. The first-order valence-electron chi connectivity index (χ1n) is 7.63. The number of aromatic hydroxyl groups is 1. The van der Waals surface area contributed by atoms with E-state index in [0.29, 0.717) is 22.3 Å². The van der Waals surface area contributed by atoms with E-state index in [1.54, 1.807) is 30.3 Å². The number of amides is 1. The van der Waals surface area contributed by atoms with Gasteiger partial charge in [-0.05, 0) is 36.4 Å². The van der Waals surface area contributed by atoms with Gasteiger partial charge >= 0.3 is 0 Å². The predicted octanol–water partition coefficient (Wildman–Crippen LogP) is 4.08. The lowest BCUT2D eigenvalue weighted by atomic mass is 10.2. The van der Waals surface area contributed by atoms with Gasteiger partial charge in [0.2, 0.25) is 0 Å². The van der Waals surface area contributed by atoms with Crippen molar-refractivity contribution in [1.82, 2.24) is 5.43 Å². The second-order valence-electron chi connectivity index (χ2n) is 5.29. The molecule has 0 unspecified atom stereocenters. The lowest BCUT2D eigenvalue weighted by Crippen LogP contribution is -2.17. The summed E-state index contributed by atoms with van der Waals surface area (Å²) < 4.78 is 10.6. The number of halogens is 1. The molecule has 0 saturated heterocycles. The minimum atomic E-state index is -0.553. The molecule has 0 aliphatic heterocycles. The Hall–Kier alpha value is -3.25. The van der Waals surface area contributed by atoms with E-state index in [1.807, 2.05) is 12.1 Å². The van der Waals surface area contributed by atoms with Crippen LogP contribution in [0, 0.1) is 0 Å². The zero-order valence-corrected chi connectivity index (χ0v) is 14.5. The van der Waals surface area contributed by atoms with Crippen molar-refractivity contribution in [3.05, 3.63) is 70.9 Å². The number of nitrogens with zero attached hydrogens (tertiary/aromatic N) is 1. The van der Waals surface area contributed by atoms with Gasteiger partial charge in [0.05, 0.1) is 18.9 Å². The summed E-state index contributed by atoms with van der Waals surface area (Å²) in [7, 11) is 1.47. The quantitative estimate of drug-likeness (QED) is 0.523. The van der Waals surface area contributed by atoms with E-state index in [2.05, 4.69) is 10.5 Å². The smallest absolute Gasteiger partial charge is 0.275 e. The Balaban J connectivity index is 1.66. The molecule has 1 amide bonds. The molecule has 1 aromatic heterocycles. The average Bonchev–Trinajstić information content (AvgIpc) is 3.10. The van der Waals surface area contributed by atoms with Gasteiger partial charge in [0.25, 0.3) is 5.91 Å². The van der Waals surface area contributed by atoms with Crippen LogP contribution in [0.1, 0.15) is 16.1 Å². The minimum Gasteiger partial charge on any atom is -0.507 e. The molecule has 6 nitrogen and oxygen atoms in total. The molecule has 0 aliphatic rings. The molecule has 0 bridgehead atoms. The Kier molecular flexibility index (Phi) is 5.24. The fraction of sp³-hybridized carbons (Fsp3) is 0.0526. The number of hydrogen-bond acceptors (Lipinski definition) is 5. The molecule has 3 rings (SSSR count). The lowest BCUT2D eigenvalue weighted by molar-refractivity contribution is 0.0952. The first-order valence-corrected chi connectivity index (χ1v) is 8.01. The van der Waals surface area contributed by atoms with E-state index in [4.69, 9.17) is 20.8 Å². The van der Waals surface area contributed by atoms with Crippen LogP contribution in [-0.4, -0.2) is 24.3 Å². The summed E-state index contributed by atoms with van der Waals surface area (Å²) in [6.45, 7) is 0. The Labute approximate surface area is 154 Å². The Bertz CT molecular complexity index is 966. The maximum atomic E-state index is 12.0. The summed E-state index contributed by atoms with van der Waals surface area (Å²) in [6.07, 6.45) is 1.37. The fourth-order valence-corrected chi connectivity index (χ4v) is 2.45. The molecule has 2 aromatic carbocycles. The van der Waals surface area contributed by atoms with Crippen molar-refractivity contribution in [3.8, 4) is 22.8 Å². The van der Waals surface area contributed by atoms with Crippen molar-refractivity contribution in [2.45, 2.75) is 0 Å². The van der Waals surface area contributed by atoms with Crippen LogP contribution < -0.4 is 10.2 Å². The maximum absolute atomic E-state index is 12.0. The summed E-state index contributed by atoms with van der Waals surface area (Å²) >= 11 is 5.97. The van der Waals surface area contributed by atoms with Crippen molar-refractivity contribution in [2.75, 3.05) is 7.11 Å². The number of ether oxygens (including phenoxy) is 1. The Morgan fingerprint density at radius 1 is 1.23 bits per heavy atom. The van der Waals surface area contributed by atoms with Crippen LogP contribution in [0.4, 0.5) is 0 Å². The highest BCUT2D eigenvalue weighted by atomic mass is 35.5. The first kappa shape index (κ1) is 17.6. The zero-order valence-electron chi connectivity index (χ0n) is 13.8. The molecule has 0 fully saturated rings. The Morgan fingerprint density at radius 3 is 2.81 bits per heavy atom.